The number of anilines is 11. The van der Waals surface area contributed by atoms with Crippen molar-refractivity contribution in [3.05, 3.63) is 295 Å². The van der Waals surface area contributed by atoms with Gasteiger partial charge in [-0.1, -0.05) is 152 Å². The molecule has 0 radical (unpaired) electrons. The minimum Gasteiger partial charge on any atom is -0.314 e. The summed E-state index contributed by atoms with van der Waals surface area (Å²) < 4.78 is 0. The molecule has 10 aromatic rings. The standard InChI is InChI=1S/C67H52N4/c1-4-26-54(27-5-1)69(63-32-16-23-50-19-10-11-22-53(50)49-63)60-39-37-57(38-40-60)68(58-41-45-61(46-42-58)70(55-28-6-2-7-29-55)66-35-17-24-51-20-12-14-33-64(51)66)59-43-47-62(48-44-59)71(56-30-8-3-9-31-56)67-36-18-25-52-21-13-15-34-65(52)67/h1-12,14-20,22-48H,13,21,49H2. The second-order valence-electron chi connectivity index (χ2n) is 18.1. The van der Waals surface area contributed by atoms with Crippen LogP contribution < -0.4 is 19.6 Å². The highest BCUT2D eigenvalue weighted by Crippen LogP contribution is 2.45. The van der Waals surface area contributed by atoms with Crippen molar-refractivity contribution in [2.75, 3.05) is 19.6 Å². The average Bonchev–Trinajstić information content (AvgIpc) is 3.66. The van der Waals surface area contributed by atoms with Crippen LogP contribution >= 0.6 is 0 Å². The van der Waals surface area contributed by atoms with Gasteiger partial charge in [-0.05, 0) is 162 Å². The summed E-state index contributed by atoms with van der Waals surface area (Å²) in [6.45, 7) is 0. The van der Waals surface area contributed by atoms with E-state index in [4.69, 9.17) is 0 Å². The van der Waals surface area contributed by atoms with Crippen molar-refractivity contribution in [2.45, 2.75) is 19.3 Å². The van der Waals surface area contributed by atoms with Crippen molar-refractivity contribution in [3.8, 4) is 0 Å². The smallest absolute Gasteiger partial charge is 0.0540 e. The van der Waals surface area contributed by atoms with Gasteiger partial charge in [-0.3, -0.25) is 0 Å². The minimum atomic E-state index is 0.811. The van der Waals surface area contributed by atoms with E-state index in [1.165, 1.54) is 44.4 Å². The minimum absolute atomic E-state index is 0.811. The Labute approximate surface area is 417 Å². The van der Waals surface area contributed by atoms with Gasteiger partial charge in [0.05, 0.1) is 11.4 Å². The Kier molecular flexibility index (Phi) is 11.8. The molecule has 0 atom stereocenters. The van der Waals surface area contributed by atoms with Gasteiger partial charge in [0, 0.05) is 74.3 Å². The maximum absolute atomic E-state index is 2.39. The molecule has 0 saturated carbocycles. The van der Waals surface area contributed by atoms with E-state index < -0.39 is 0 Å². The van der Waals surface area contributed by atoms with Crippen LogP contribution in [0.25, 0.3) is 22.9 Å². The second kappa shape index (κ2) is 19.5. The molecule has 2 aliphatic carbocycles. The molecule has 0 amide bonds. The molecule has 4 heteroatoms. The van der Waals surface area contributed by atoms with Gasteiger partial charge in [0.15, 0.2) is 0 Å². The fourth-order valence-electron chi connectivity index (χ4n) is 10.3. The third kappa shape index (κ3) is 8.69. The zero-order chi connectivity index (χ0) is 47.3. The average molecular weight is 913 g/mol. The van der Waals surface area contributed by atoms with Crippen LogP contribution in [0.3, 0.4) is 0 Å². The number of hydrogen-bond acceptors (Lipinski definition) is 4. The Hall–Kier alpha value is -9.12. The summed E-state index contributed by atoms with van der Waals surface area (Å²) in [7, 11) is 0. The largest absolute Gasteiger partial charge is 0.314 e. The highest BCUT2D eigenvalue weighted by molar-refractivity contribution is 5.99. The van der Waals surface area contributed by atoms with Gasteiger partial charge in [-0.15, -0.1) is 0 Å². The Morgan fingerprint density at radius 1 is 0.310 bits per heavy atom. The SMILES string of the molecule is C1=Cc2ccccc2CC(N(c2ccccc2)c2ccc(N(c3ccc(N(c4ccccc4)c4cccc5c4C=CCC5)cc3)c3ccc(N(c4ccccc4)c4cccc5ccccc45)cc3)cc2)=C1. The lowest BCUT2D eigenvalue weighted by Crippen LogP contribution is -2.18. The molecule has 0 bridgehead atoms. The quantitative estimate of drug-likeness (QED) is 0.121. The van der Waals surface area contributed by atoms with Crippen LogP contribution in [-0.4, -0.2) is 0 Å². The van der Waals surface area contributed by atoms with E-state index in [9.17, 15) is 0 Å². The summed E-state index contributed by atoms with van der Waals surface area (Å²) in [5, 5.41) is 2.41. The Morgan fingerprint density at radius 3 is 1.37 bits per heavy atom. The molecule has 0 aromatic heterocycles. The second-order valence-corrected chi connectivity index (χ2v) is 18.1. The molecular weight excluding hydrogens is 861 g/mol. The lowest BCUT2D eigenvalue weighted by Gasteiger charge is -2.31. The number of fused-ring (bicyclic) bond motifs is 3. The predicted molar refractivity (Wildman–Crippen MR) is 301 cm³/mol. The first kappa shape index (κ1) is 43.2. The van der Waals surface area contributed by atoms with Crippen LogP contribution in [0.5, 0.6) is 0 Å². The predicted octanol–water partition coefficient (Wildman–Crippen LogP) is 18.5. The Morgan fingerprint density at radius 2 is 0.746 bits per heavy atom. The monoisotopic (exact) mass is 912 g/mol. The summed E-state index contributed by atoms with van der Waals surface area (Å²) in [6.07, 6.45) is 14.2. The van der Waals surface area contributed by atoms with Crippen molar-refractivity contribution in [1.82, 2.24) is 0 Å². The molecule has 12 rings (SSSR count). The van der Waals surface area contributed by atoms with Gasteiger partial charge in [0.2, 0.25) is 0 Å². The Balaban J connectivity index is 0.965. The fourth-order valence-corrected chi connectivity index (χ4v) is 10.3. The molecule has 0 unspecified atom stereocenters. The third-order valence-electron chi connectivity index (χ3n) is 13.7. The van der Waals surface area contributed by atoms with Gasteiger partial charge in [0.1, 0.15) is 0 Å². The molecular formula is C67H52N4. The Bertz CT molecular complexity index is 3540. The topological polar surface area (TPSA) is 13.0 Å². The van der Waals surface area contributed by atoms with E-state index in [1.54, 1.807) is 0 Å². The van der Waals surface area contributed by atoms with E-state index in [1.807, 2.05) is 0 Å². The molecule has 10 aromatic carbocycles. The summed E-state index contributed by atoms with van der Waals surface area (Å²) in [5.41, 5.74) is 18.5. The van der Waals surface area contributed by atoms with E-state index in [0.29, 0.717) is 0 Å². The van der Waals surface area contributed by atoms with Gasteiger partial charge in [-0.25, -0.2) is 0 Å². The summed E-state index contributed by atoms with van der Waals surface area (Å²) in [5.74, 6) is 0. The molecule has 0 aliphatic heterocycles. The molecule has 2 aliphatic rings. The van der Waals surface area contributed by atoms with E-state index in [0.717, 1.165) is 76.1 Å². The molecule has 0 spiro atoms. The van der Waals surface area contributed by atoms with E-state index >= 15 is 0 Å². The van der Waals surface area contributed by atoms with Crippen LogP contribution in [0.1, 0.15) is 28.7 Å². The van der Waals surface area contributed by atoms with Gasteiger partial charge >= 0.3 is 0 Å². The van der Waals surface area contributed by atoms with Crippen molar-refractivity contribution in [2.24, 2.45) is 0 Å². The first-order valence-electron chi connectivity index (χ1n) is 24.6. The molecule has 340 valence electrons. The summed E-state index contributed by atoms with van der Waals surface area (Å²) in [6, 6.07) is 89.9. The molecule has 0 saturated heterocycles. The van der Waals surface area contributed by atoms with Crippen molar-refractivity contribution < 1.29 is 0 Å². The highest BCUT2D eigenvalue weighted by Gasteiger charge is 2.23. The van der Waals surface area contributed by atoms with E-state index in [-0.39, 0.29) is 0 Å². The zero-order valence-electron chi connectivity index (χ0n) is 39.5. The molecule has 4 nitrogen and oxygen atoms in total. The lowest BCUT2D eigenvalue weighted by atomic mass is 9.95. The zero-order valence-corrected chi connectivity index (χ0v) is 39.5. The van der Waals surface area contributed by atoms with Crippen molar-refractivity contribution in [3.63, 3.8) is 0 Å². The van der Waals surface area contributed by atoms with Crippen molar-refractivity contribution in [1.29, 1.82) is 0 Å². The summed E-state index contributed by atoms with van der Waals surface area (Å²) >= 11 is 0. The number of benzene rings is 10. The normalized spacial score (nSPS) is 12.6. The van der Waals surface area contributed by atoms with Crippen LogP contribution in [0.4, 0.5) is 62.6 Å². The molecule has 0 N–H and O–H groups in total. The first-order chi connectivity index (χ1) is 35.2. The number of rotatable bonds is 12. The molecule has 0 fully saturated rings. The summed E-state index contributed by atoms with van der Waals surface area (Å²) in [4.78, 5) is 9.53. The van der Waals surface area contributed by atoms with E-state index in [2.05, 4.69) is 299 Å². The van der Waals surface area contributed by atoms with Crippen LogP contribution in [0, 0.1) is 0 Å². The number of allylic oxidation sites excluding steroid dienone is 4. The van der Waals surface area contributed by atoms with Gasteiger partial charge in [-0.2, -0.15) is 0 Å². The lowest BCUT2D eigenvalue weighted by molar-refractivity contribution is 0.984. The van der Waals surface area contributed by atoms with Crippen molar-refractivity contribution >= 4 is 85.5 Å². The molecule has 0 heterocycles. The number of hydrogen-bond donors (Lipinski definition) is 0. The van der Waals surface area contributed by atoms with Crippen LogP contribution in [0.2, 0.25) is 0 Å². The van der Waals surface area contributed by atoms with Crippen LogP contribution in [-0.2, 0) is 12.8 Å². The number of aryl methyl sites for hydroxylation is 1. The van der Waals surface area contributed by atoms with Gasteiger partial charge < -0.3 is 19.6 Å². The van der Waals surface area contributed by atoms with Crippen LogP contribution in [0.15, 0.2) is 273 Å². The first-order valence-corrected chi connectivity index (χ1v) is 24.6. The highest BCUT2D eigenvalue weighted by atomic mass is 15.2. The maximum Gasteiger partial charge on any atom is 0.0540 e. The third-order valence-corrected chi connectivity index (χ3v) is 13.7. The number of nitrogens with zero attached hydrogens (tertiary/aromatic N) is 4. The fraction of sp³-hybridized carbons (Fsp3) is 0.0448. The maximum atomic E-state index is 2.39. The number of para-hydroxylation sites is 3. The van der Waals surface area contributed by atoms with Gasteiger partial charge in [0.25, 0.3) is 0 Å². The molecule has 71 heavy (non-hydrogen) atoms.